The van der Waals surface area contributed by atoms with Gasteiger partial charge in [0.05, 0.1) is 29.8 Å². The number of ether oxygens (including phenoxy) is 1. The summed E-state index contributed by atoms with van der Waals surface area (Å²) in [4.78, 5) is 26.6. The zero-order chi connectivity index (χ0) is 26.1. The number of pyridine rings is 1. The summed E-state index contributed by atoms with van der Waals surface area (Å²) < 4.78 is 47.7. The summed E-state index contributed by atoms with van der Waals surface area (Å²) in [5.41, 5.74) is -2.54. The van der Waals surface area contributed by atoms with E-state index in [9.17, 15) is 27.9 Å². The monoisotopic (exact) mass is 483 g/mol. The zero-order valence-electron chi connectivity index (χ0n) is 20.9. The van der Waals surface area contributed by atoms with Crippen LogP contribution < -0.4 is 15.4 Å². The van der Waals surface area contributed by atoms with E-state index in [4.69, 9.17) is 4.74 Å². The lowest BCUT2D eigenvalue weighted by Crippen LogP contribution is -2.51. The van der Waals surface area contributed by atoms with Crippen molar-refractivity contribution in [1.82, 2.24) is 9.47 Å². The molecule has 9 heteroatoms. The highest BCUT2D eigenvalue weighted by Gasteiger charge is 2.33. The van der Waals surface area contributed by atoms with Crippen molar-refractivity contribution >= 4 is 16.9 Å². The van der Waals surface area contributed by atoms with Crippen LogP contribution in [0.5, 0.6) is 5.75 Å². The number of rotatable bonds is 7. The van der Waals surface area contributed by atoms with Crippen molar-refractivity contribution in [3.05, 3.63) is 39.8 Å². The number of unbranched alkanes of at least 4 members (excludes halogenated alkanes) is 1. The number of carboxylic acid groups (broad SMARTS) is 1. The number of alkyl halides is 3. The molecular weight excluding hydrogens is 449 g/mol. The maximum absolute atomic E-state index is 13.5. The largest absolute Gasteiger partial charge is 0.530 e. The third-order valence-electron chi connectivity index (χ3n) is 5.37. The molecule has 0 aliphatic heterocycles. The van der Waals surface area contributed by atoms with Gasteiger partial charge in [0.25, 0.3) is 5.56 Å². The van der Waals surface area contributed by atoms with E-state index >= 15 is 0 Å². The topological polar surface area (TPSA) is 74.6 Å². The predicted molar refractivity (Wildman–Crippen MR) is 124 cm³/mol. The van der Waals surface area contributed by atoms with Gasteiger partial charge in [-0.3, -0.25) is 4.79 Å². The van der Waals surface area contributed by atoms with E-state index in [-0.39, 0.29) is 36.2 Å². The summed E-state index contributed by atoms with van der Waals surface area (Å²) in [7, 11) is 0. The molecule has 0 spiro atoms. The first-order valence-electron chi connectivity index (χ1n) is 11.4. The molecule has 2 rings (SSSR count). The van der Waals surface area contributed by atoms with Gasteiger partial charge in [0, 0.05) is 17.5 Å². The summed E-state index contributed by atoms with van der Waals surface area (Å²) in [5, 5.41) is 12.1. The molecule has 6 nitrogen and oxygen atoms in total. The van der Waals surface area contributed by atoms with E-state index in [0.29, 0.717) is 12.1 Å². The van der Waals surface area contributed by atoms with Gasteiger partial charge in [0.2, 0.25) is 0 Å². The van der Waals surface area contributed by atoms with Crippen LogP contribution in [0.1, 0.15) is 72.6 Å². The number of carbonyl (C=O) groups is 1. The van der Waals surface area contributed by atoms with Crippen molar-refractivity contribution in [2.45, 2.75) is 86.1 Å². The Morgan fingerprint density at radius 3 is 2.18 bits per heavy atom. The van der Waals surface area contributed by atoms with Crippen LogP contribution in [-0.4, -0.2) is 27.7 Å². The van der Waals surface area contributed by atoms with Crippen LogP contribution >= 0.6 is 0 Å². The minimum absolute atomic E-state index is 0.120. The van der Waals surface area contributed by atoms with E-state index < -0.39 is 34.3 Å². The number of fused-ring (bicyclic) bond motifs is 1. The molecule has 0 aliphatic rings. The third kappa shape index (κ3) is 6.45. The van der Waals surface area contributed by atoms with Crippen molar-refractivity contribution in [2.24, 2.45) is 5.41 Å². The number of benzene rings is 1. The number of nitrogens with zero attached hydrogens (tertiary/aromatic N) is 2. The Balaban J connectivity index is 2.95. The van der Waals surface area contributed by atoms with Gasteiger partial charge in [-0.15, -0.1) is 0 Å². The number of carbonyl (C=O) groups excluding carboxylic acids is 1. The molecule has 0 radical (unpaired) electrons. The van der Waals surface area contributed by atoms with Crippen LogP contribution in [0.4, 0.5) is 18.0 Å². The van der Waals surface area contributed by atoms with Gasteiger partial charge in [-0.2, -0.15) is 13.2 Å². The lowest BCUT2D eigenvalue weighted by Gasteiger charge is -2.39. The zero-order valence-corrected chi connectivity index (χ0v) is 20.9. The highest BCUT2D eigenvalue weighted by molar-refractivity contribution is 5.89. The minimum Gasteiger partial charge on any atom is -0.530 e. The third-order valence-corrected chi connectivity index (χ3v) is 5.37. The van der Waals surface area contributed by atoms with Gasteiger partial charge >= 0.3 is 6.18 Å². The van der Waals surface area contributed by atoms with E-state index in [2.05, 4.69) is 0 Å². The average molecular weight is 484 g/mol. The number of halogens is 3. The number of hydrogen-bond acceptors (Lipinski definition) is 4. The molecule has 1 heterocycles. The first kappa shape index (κ1) is 27.5. The van der Waals surface area contributed by atoms with Crippen LogP contribution in [0.25, 0.3) is 10.8 Å². The lowest BCUT2D eigenvalue weighted by atomic mass is 9.95. The van der Waals surface area contributed by atoms with E-state index in [1.54, 1.807) is 20.8 Å². The molecule has 0 fully saturated rings. The van der Waals surface area contributed by atoms with Crippen molar-refractivity contribution in [3.8, 4) is 5.75 Å². The van der Waals surface area contributed by atoms with Gasteiger partial charge in [-0.25, -0.2) is 0 Å². The molecule has 0 unspecified atom stereocenters. The van der Waals surface area contributed by atoms with Gasteiger partial charge in [0.1, 0.15) is 11.8 Å². The number of hydrogen-bond donors (Lipinski definition) is 0. The second-order valence-corrected chi connectivity index (χ2v) is 10.7. The first-order valence-corrected chi connectivity index (χ1v) is 11.4. The first-order chi connectivity index (χ1) is 15.5. The molecule has 1 aromatic heterocycles. The molecule has 0 saturated heterocycles. The fourth-order valence-corrected chi connectivity index (χ4v) is 3.65. The SMILES string of the molecule is CCCCOc1c(CN(C(=O)[O-])C(C)(C)C)n(CC(C)(C)C)c(=O)c2cc(C(F)(F)F)ccc12. The summed E-state index contributed by atoms with van der Waals surface area (Å²) in [6.45, 7) is 12.9. The van der Waals surface area contributed by atoms with Crippen molar-refractivity contribution in [1.29, 1.82) is 0 Å². The summed E-state index contributed by atoms with van der Waals surface area (Å²) in [5.74, 6) is 0.219. The molecular formula is C25H34F3N2O4-. The molecule has 1 amide bonds. The standard InChI is InChI=1S/C25H35F3N2O4/c1-8-9-12-34-20-17-11-10-16(25(26,27)28)13-18(17)21(31)29(15-23(2,3)4)19(20)14-30(22(32)33)24(5,6)7/h10-11,13H,8-9,12,14-15H2,1-7H3,(H,32,33)/p-1. The van der Waals surface area contributed by atoms with Crippen molar-refractivity contribution < 1.29 is 27.8 Å². The Morgan fingerprint density at radius 1 is 1.09 bits per heavy atom. The van der Waals surface area contributed by atoms with Gasteiger partial charge in [-0.05, 0) is 50.8 Å². The Kier molecular flexibility index (Phi) is 8.00. The predicted octanol–water partition coefficient (Wildman–Crippen LogP) is 5.19. The highest BCUT2D eigenvalue weighted by atomic mass is 19.4. The number of aromatic nitrogens is 1. The molecule has 0 bridgehead atoms. The molecule has 190 valence electrons. The molecule has 0 aliphatic carbocycles. The van der Waals surface area contributed by atoms with E-state index in [1.165, 1.54) is 10.6 Å². The van der Waals surface area contributed by atoms with E-state index in [1.807, 2.05) is 27.7 Å². The Hall–Kier alpha value is -2.71. The maximum Gasteiger partial charge on any atom is 0.416 e. The molecule has 0 atom stereocenters. The molecule has 1 aromatic carbocycles. The fourth-order valence-electron chi connectivity index (χ4n) is 3.65. The summed E-state index contributed by atoms with van der Waals surface area (Å²) in [6, 6.07) is 2.98. The molecule has 34 heavy (non-hydrogen) atoms. The Bertz CT molecular complexity index is 1090. The van der Waals surface area contributed by atoms with Crippen LogP contribution in [0.15, 0.2) is 23.0 Å². The second kappa shape index (κ2) is 9.88. The van der Waals surface area contributed by atoms with Gasteiger partial charge in [-0.1, -0.05) is 34.1 Å². The van der Waals surface area contributed by atoms with Crippen LogP contribution in [-0.2, 0) is 19.3 Å². The van der Waals surface area contributed by atoms with Crippen LogP contribution in [0.2, 0.25) is 0 Å². The van der Waals surface area contributed by atoms with Gasteiger partial charge in [0.15, 0.2) is 0 Å². The average Bonchev–Trinajstić information content (AvgIpc) is 2.67. The minimum atomic E-state index is -4.62. The molecule has 2 aromatic rings. The number of amides is 1. The lowest BCUT2D eigenvalue weighted by molar-refractivity contribution is -0.271. The smallest absolute Gasteiger partial charge is 0.416 e. The maximum atomic E-state index is 13.5. The quantitative estimate of drug-likeness (QED) is 0.508. The Morgan fingerprint density at radius 2 is 1.71 bits per heavy atom. The summed E-state index contributed by atoms with van der Waals surface area (Å²) >= 11 is 0. The molecule has 0 N–H and O–H groups in total. The van der Waals surface area contributed by atoms with Crippen LogP contribution in [0.3, 0.4) is 0 Å². The van der Waals surface area contributed by atoms with Crippen molar-refractivity contribution in [2.75, 3.05) is 6.61 Å². The normalized spacial score (nSPS) is 12.8. The van der Waals surface area contributed by atoms with Gasteiger partial charge < -0.3 is 24.1 Å². The van der Waals surface area contributed by atoms with Crippen LogP contribution in [0, 0.1) is 5.41 Å². The second-order valence-electron chi connectivity index (χ2n) is 10.7. The van der Waals surface area contributed by atoms with Crippen molar-refractivity contribution in [3.63, 3.8) is 0 Å². The van der Waals surface area contributed by atoms with E-state index in [0.717, 1.165) is 23.5 Å². The summed E-state index contributed by atoms with van der Waals surface area (Å²) in [6.07, 6.45) is -4.53. The molecule has 0 saturated carbocycles. The highest BCUT2D eigenvalue weighted by Crippen LogP contribution is 2.36. The Labute approximate surface area is 198 Å². The fraction of sp³-hybridized carbons (Fsp3) is 0.600.